The van der Waals surface area contributed by atoms with E-state index in [4.69, 9.17) is 18.9 Å². The predicted molar refractivity (Wildman–Crippen MR) is 164 cm³/mol. The van der Waals surface area contributed by atoms with Gasteiger partial charge < -0.3 is 18.9 Å². The first-order valence-electron chi connectivity index (χ1n) is 13.4. The molecular formula is C33H27N3O5S. The zero-order valence-electron chi connectivity index (χ0n) is 22.8. The van der Waals surface area contributed by atoms with Crippen LogP contribution >= 0.6 is 11.8 Å². The molecule has 9 heteroatoms. The molecule has 1 saturated heterocycles. The SMILES string of the molecule is COC(=O)c1ccc(COc2ccccc2C=C2SC(=Nc3ccccc3)N(CCc3c[nH]c4ccccc34)C2=O)o1. The molecule has 5 aromatic rings. The average Bonchev–Trinajstić information content (AvgIpc) is 3.74. The Morgan fingerprint density at radius 1 is 1.00 bits per heavy atom. The summed E-state index contributed by atoms with van der Waals surface area (Å²) in [6, 6.07) is 28.4. The zero-order valence-corrected chi connectivity index (χ0v) is 23.6. The third-order valence-corrected chi connectivity index (χ3v) is 7.78. The number of methoxy groups -OCH3 is 1. The molecule has 8 nitrogen and oxygen atoms in total. The van der Waals surface area contributed by atoms with Crippen molar-refractivity contribution < 1.29 is 23.5 Å². The Morgan fingerprint density at radius 2 is 1.79 bits per heavy atom. The number of hydrogen-bond acceptors (Lipinski definition) is 7. The van der Waals surface area contributed by atoms with E-state index < -0.39 is 5.97 Å². The number of esters is 1. The van der Waals surface area contributed by atoms with Gasteiger partial charge in [-0.1, -0.05) is 54.6 Å². The summed E-state index contributed by atoms with van der Waals surface area (Å²) >= 11 is 1.34. The van der Waals surface area contributed by atoms with Crippen molar-refractivity contribution in [2.45, 2.75) is 13.0 Å². The van der Waals surface area contributed by atoms with E-state index in [0.717, 1.165) is 27.7 Å². The molecule has 42 heavy (non-hydrogen) atoms. The molecule has 0 radical (unpaired) electrons. The minimum atomic E-state index is -0.551. The number of H-pyrrole nitrogens is 1. The van der Waals surface area contributed by atoms with E-state index >= 15 is 0 Å². The first-order valence-corrected chi connectivity index (χ1v) is 14.2. The summed E-state index contributed by atoms with van der Waals surface area (Å²) in [4.78, 5) is 35.9. The molecule has 1 aliphatic rings. The van der Waals surface area contributed by atoms with Crippen molar-refractivity contribution in [1.82, 2.24) is 9.88 Å². The smallest absolute Gasteiger partial charge is 0.373 e. The van der Waals surface area contributed by atoms with E-state index in [1.165, 1.54) is 18.9 Å². The van der Waals surface area contributed by atoms with E-state index in [1.807, 2.05) is 85.1 Å². The molecule has 2 aromatic heterocycles. The number of fused-ring (bicyclic) bond motifs is 1. The summed E-state index contributed by atoms with van der Waals surface area (Å²) in [6.45, 7) is 0.589. The number of ether oxygens (including phenoxy) is 2. The van der Waals surface area contributed by atoms with Gasteiger partial charge in [0.15, 0.2) is 5.17 Å². The Labute approximate surface area is 246 Å². The fourth-order valence-corrected chi connectivity index (χ4v) is 5.67. The summed E-state index contributed by atoms with van der Waals surface area (Å²) in [5.41, 5.74) is 3.73. The van der Waals surface area contributed by atoms with Crippen molar-refractivity contribution in [3.05, 3.63) is 125 Å². The number of amides is 1. The number of nitrogens with zero attached hydrogens (tertiary/aromatic N) is 2. The van der Waals surface area contributed by atoms with Gasteiger partial charge in [0.05, 0.1) is 17.7 Å². The van der Waals surface area contributed by atoms with Crippen LogP contribution in [0.2, 0.25) is 0 Å². The highest BCUT2D eigenvalue weighted by Gasteiger charge is 2.33. The first-order chi connectivity index (χ1) is 20.6. The number of amidine groups is 1. The van der Waals surface area contributed by atoms with Crippen molar-refractivity contribution in [2.75, 3.05) is 13.7 Å². The van der Waals surface area contributed by atoms with Crippen LogP contribution in [0.3, 0.4) is 0 Å². The third kappa shape index (κ3) is 5.87. The normalized spacial score (nSPS) is 15.2. The maximum Gasteiger partial charge on any atom is 0.373 e. The van der Waals surface area contributed by atoms with Crippen molar-refractivity contribution in [1.29, 1.82) is 0 Å². The number of nitrogens with one attached hydrogen (secondary N) is 1. The number of aromatic nitrogens is 1. The molecule has 6 rings (SSSR count). The standard InChI is InChI=1S/C33H27N3O5S/c1-39-32(38)29-16-15-25(41-29)21-40-28-14-8-5-9-22(28)19-30-31(37)36(33(42-30)35-24-10-3-2-4-11-24)18-17-23-20-34-27-13-7-6-12-26(23)27/h2-16,19-20,34H,17-18,21H2,1H3. The summed E-state index contributed by atoms with van der Waals surface area (Å²) in [7, 11) is 1.30. The molecule has 0 unspecified atom stereocenters. The van der Waals surface area contributed by atoms with Gasteiger partial charge in [-0.3, -0.25) is 9.69 Å². The van der Waals surface area contributed by atoms with Crippen molar-refractivity contribution in [3.8, 4) is 5.75 Å². The van der Waals surface area contributed by atoms with Crippen molar-refractivity contribution in [2.24, 2.45) is 4.99 Å². The second-order valence-corrected chi connectivity index (χ2v) is 10.5. The topological polar surface area (TPSA) is 97.1 Å². The van der Waals surface area contributed by atoms with Crippen molar-refractivity contribution >= 4 is 51.5 Å². The number of thioether (sulfide) groups is 1. The van der Waals surface area contributed by atoms with Gasteiger partial charge in [-0.05, 0) is 66.2 Å². The van der Waals surface area contributed by atoms with Crippen LogP contribution in [0, 0.1) is 0 Å². The molecule has 0 bridgehead atoms. The molecule has 0 atom stereocenters. The van der Waals surface area contributed by atoms with Crippen LogP contribution in [0.1, 0.15) is 27.4 Å². The van der Waals surface area contributed by atoms with Gasteiger partial charge in [-0.25, -0.2) is 9.79 Å². The van der Waals surface area contributed by atoms with Gasteiger partial charge >= 0.3 is 5.97 Å². The quantitative estimate of drug-likeness (QED) is 0.150. The van der Waals surface area contributed by atoms with Gasteiger partial charge in [0.1, 0.15) is 18.1 Å². The molecule has 0 aliphatic carbocycles. The van der Waals surface area contributed by atoms with Crippen LogP contribution in [0.4, 0.5) is 5.69 Å². The van der Waals surface area contributed by atoms with E-state index in [-0.39, 0.29) is 18.3 Å². The lowest BCUT2D eigenvalue weighted by Gasteiger charge is -2.15. The van der Waals surface area contributed by atoms with Gasteiger partial charge in [0.2, 0.25) is 5.76 Å². The van der Waals surface area contributed by atoms with Crippen LogP contribution < -0.4 is 4.74 Å². The average molecular weight is 578 g/mol. The predicted octanol–water partition coefficient (Wildman–Crippen LogP) is 6.97. The zero-order chi connectivity index (χ0) is 28.9. The molecule has 1 amide bonds. The van der Waals surface area contributed by atoms with Crippen molar-refractivity contribution in [3.63, 3.8) is 0 Å². The van der Waals surface area contributed by atoms with Crippen LogP contribution in [-0.2, 0) is 22.6 Å². The number of carbonyl (C=O) groups is 2. The third-order valence-electron chi connectivity index (χ3n) is 6.77. The van der Waals surface area contributed by atoms with E-state index in [9.17, 15) is 9.59 Å². The Hall–Kier alpha value is -5.02. The van der Waals surface area contributed by atoms with Gasteiger partial charge in [-0.15, -0.1) is 0 Å². The largest absolute Gasteiger partial charge is 0.485 e. The molecule has 1 N–H and O–H groups in total. The lowest BCUT2D eigenvalue weighted by atomic mass is 10.1. The molecule has 0 spiro atoms. The second kappa shape index (κ2) is 12.2. The Kier molecular flexibility index (Phi) is 7.91. The minimum absolute atomic E-state index is 0.107. The van der Waals surface area contributed by atoms with Crippen LogP contribution in [0.5, 0.6) is 5.75 Å². The maximum absolute atomic E-state index is 13.8. The summed E-state index contributed by atoms with van der Waals surface area (Å²) in [5, 5.41) is 1.78. The summed E-state index contributed by atoms with van der Waals surface area (Å²) in [6.07, 6.45) is 4.51. The lowest BCUT2D eigenvalue weighted by Crippen LogP contribution is -2.31. The molecule has 1 fully saturated rings. The number of hydrogen-bond donors (Lipinski definition) is 1. The highest BCUT2D eigenvalue weighted by Crippen LogP contribution is 2.36. The number of carbonyl (C=O) groups excluding carboxylic acids is 2. The first kappa shape index (κ1) is 27.2. The maximum atomic E-state index is 13.8. The molecule has 3 heterocycles. The molecule has 210 valence electrons. The highest BCUT2D eigenvalue weighted by molar-refractivity contribution is 8.18. The number of para-hydroxylation sites is 3. The van der Waals surface area contributed by atoms with Gasteiger partial charge in [-0.2, -0.15) is 0 Å². The second-order valence-electron chi connectivity index (χ2n) is 9.49. The monoisotopic (exact) mass is 577 g/mol. The number of aliphatic imine (C=N–C) groups is 1. The Morgan fingerprint density at radius 3 is 2.64 bits per heavy atom. The lowest BCUT2D eigenvalue weighted by molar-refractivity contribution is -0.122. The van der Waals surface area contributed by atoms with Crippen LogP contribution in [-0.4, -0.2) is 40.6 Å². The number of benzene rings is 3. The number of furan rings is 1. The minimum Gasteiger partial charge on any atom is -0.485 e. The molecular weight excluding hydrogens is 550 g/mol. The van der Waals surface area contributed by atoms with Crippen LogP contribution in [0.15, 0.2) is 112 Å². The fraction of sp³-hybridized carbons (Fsp3) is 0.121. The summed E-state index contributed by atoms with van der Waals surface area (Å²) in [5.74, 6) is 0.499. The van der Waals surface area contributed by atoms with E-state index in [2.05, 4.69) is 11.1 Å². The summed E-state index contributed by atoms with van der Waals surface area (Å²) < 4.78 is 16.2. The Balaban J connectivity index is 1.25. The fourth-order valence-electron chi connectivity index (χ4n) is 4.66. The molecule has 3 aromatic carbocycles. The highest BCUT2D eigenvalue weighted by atomic mass is 32.2. The number of aromatic amines is 1. The molecule has 1 aliphatic heterocycles. The van der Waals surface area contributed by atoms with Gasteiger partial charge in [0.25, 0.3) is 5.91 Å². The molecule has 0 saturated carbocycles. The van der Waals surface area contributed by atoms with E-state index in [0.29, 0.717) is 34.5 Å². The van der Waals surface area contributed by atoms with Crippen LogP contribution in [0.25, 0.3) is 17.0 Å². The van der Waals surface area contributed by atoms with Gasteiger partial charge in [0, 0.05) is 29.2 Å². The van der Waals surface area contributed by atoms with E-state index in [1.54, 1.807) is 17.0 Å². The Bertz CT molecular complexity index is 1800. The number of rotatable bonds is 9.